The number of morpholine rings is 1. The average molecular weight is 417 g/mol. The number of hydrogen-bond donors (Lipinski definition) is 2. The van der Waals surface area contributed by atoms with Crippen LogP contribution >= 0.6 is 0 Å². The summed E-state index contributed by atoms with van der Waals surface area (Å²) < 4.78 is 31.8. The van der Waals surface area contributed by atoms with Crippen molar-refractivity contribution in [1.82, 2.24) is 10.6 Å². The third kappa shape index (κ3) is 6.25. The van der Waals surface area contributed by atoms with Crippen LogP contribution < -0.4 is 15.5 Å². The molecule has 8 heteroatoms. The fraction of sp³-hybridized carbons (Fsp3) is 0.364. The maximum atomic E-state index is 13.6. The number of hydrogen-bond acceptors (Lipinski definition) is 4. The minimum Gasteiger partial charge on any atom is -0.378 e. The Bertz CT molecular complexity index is 868. The number of anilines is 1. The third-order valence-electron chi connectivity index (χ3n) is 4.84. The quantitative estimate of drug-likeness (QED) is 0.648. The van der Waals surface area contributed by atoms with Crippen LogP contribution in [0.4, 0.5) is 14.5 Å². The largest absolute Gasteiger partial charge is 0.378 e. The van der Waals surface area contributed by atoms with Crippen molar-refractivity contribution in [2.45, 2.75) is 19.4 Å². The molecule has 160 valence electrons. The fourth-order valence-electron chi connectivity index (χ4n) is 3.15. The number of benzene rings is 2. The highest BCUT2D eigenvalue weighted by Crippen LogP contribution is 2.16. The van der Waals surface area contributed by atoms with Gasteiger partial charge in [-0.3, -0.25) is 9.59 Å². The maximum Gasteiger partial charge on any atom is 0.254 e. The molecule has 3 rings (SSSR count). The molecule has 0 saturated carbocycles. The van der Waals surface area contributed by atoms with Gasteiger partial charge in [-0.1, -0.05) is 12.1 Å². The molecule has 6 nitrogen and oxygen atoms in total. The fourth-order valence-corrected chi connectivity index (χ4v) is 3.15. The zero-order chi connectivity index (χ0) is 21.3. The number of ether oxygens (including phenoxy) is 1. The molecule has 1 aliphatic rings. The molecule has 1 fully saturated rings. The van der Waals surface area contributed by atoms with Crippen molar-refractivity contribution in [2.75, 3.05) is 37.7 Å². The van der Waals surface area contributed by atoms with Gasteiger partial charge in [-0.05, 0) is 36.2 Å². The first-order valence-electron chi connectivity index (χ1n) is 9.94. The molecule has 0 spiro atoms. The van der Waals surface area contributed by atoms with E-state index in [1.54, 1.807) is 0 Å². The second-order valence-electron chi connectivity index (χ2n) is 7.03. The van der Waals surface area contributed by atoms with Crippen LogP contribution in [0.3, 0.4) is 0 Å². The number of halogens is 2. The van der Waals surface area contributed by atoms with Crippen molar-refractivity contribution < 1.29 is 23.1 Å². The van der Waals surface area contributed by atoms with Crippen molar-refractivity contribution in [3.63, 3.8) is 0 Å². The van der Waals surface area contributed by atoms with Crippen molar-refractivity contribution in [2.24, 2.45) is 0 Å². The average Bonchev–Trinajstić information content (AvgIpc) is 2.76. The molecule has 2 N–H and O–H groups in total. The minimum absolute atomic E-state index is 0.130. The summed E-state index contributed by atoms with van der Waals surface area (Å²) in [6.07, 6.45) is 0.647. The summed E-state index contributed by atoms with van der Waals surface area (Å²) in [6.45, 7) is 3.86. The Hall–Kier alpha value is -3.00. The van der Waals surface area contributed by atoms with Gasteiger partial charge in [0.05, 0.1) is 18.8 Å². The molecule has 0 bridgehead atoms. The van der Waals surface area contributed by atoms with Crippen LogP contribution in [0.5, 0.6) is 0 Å². The van der Waals surface area contributed by atoms with Gasteiger partial charge in [0.1, 0.15) is 11.6 Å². The first-order valence-corrected chi connectivity index (χ1v) is 9.94. The minimum atomic E-state index is -0.912. The Morgan fingerprint density at radius 3 is 2.43 bits per heavy atom. The van der Waals surface area contributed by atoms with Crippen molar-refractivity contribution in [3.8, 4) is 0 Å². The standard InChI is InChI=1S/C22H25F2N3O3/c23-17-5-8-19(20(24)14-17)22(29)25-9-1-2-21(28)26-15-16-3-6-18(7-4-16)27-10-12-30-13-11-27/h3-8,14H,1-2,9-13,15H2,(H,25,29)(H,26,28). The molecule has 0 aliphatic carbocycles. The van der Waals surface area contributed by atoms with Crippen molar-refractivity contribution >= 4 is 17.5 Å². The van der Waals surface area contributed by atoms with E-state index in [1.165, 1.54) is 0 Å². The lowest BCUT2D eigenvalue weighted by Gasteiger charge is -2.28. The van der Waals surface area contributed by atoms with E-state index < -0.39 is 17.5 Å². The SMILES string of the molecule is O=C(CCCNC(=O)c1ccc(F)cc1F)NCc1ccc(N2CCOCC2)cc1. The highest BCUT2D eigenvalue weighted by Gasteiger charge is 2.13. The predicted octanol–water partition coefficient (Wildman–Crippen LogP) is 2.63. The molecule has 0 unspecified atom stereocenters. The van der Waals surface area contributed by atoms with Crippen molar-refractivity contribution in [1.29, 1.82) is 0 Å². The van der Waals surface area contributed by atoms with Gasteiger partial charge < -0.3 is 20.3 Å². The summed E-state index contributed by atoms with van der Waals surface area (Å²) in [5, 5.41) is 5.38. The van der Waals surface area contributed by atoms with E-state index in [0.717, 1.165) is 49.7 Å². The van der Waals surface area contributed by atoms with E-state index in [-0.39, 0.29) is 24.4 Å². The molecule has 1 heterocycles. The molecular formula is C22H25F2N3O3. The summed E-state index contributed by atoms with van der Waals surface area (Å²) in [5.74, 6) is -2.41. The Labute approximate surface area is 174 Å². The first kappa shape index (κ1) is 21.7. The van der Waals surface area contributed by atoms with E-state index in [9.17, 15) is 18.4 Å². The number of carbonyl (C=O) groups excluding carboxylic acids is 2. The Balaban J connectivity index is 1.34. The van der Waals surface area contributed by atoms with E-state index in [1.807, 2.05) is 24.3 Å². The lowest BCUT2D eigenvalue weighted by molar-refractivity contribution is -0.121. The molecule has 0 radical (unpaired) electrons. The van der Waals surface area contributed by atoms with Crippen molar-refractivity contribution in [3.05, 3.63) is 65.2 Å². The van der Waals surface area contributed by atoms with E-state index >= 15 is 0 Å². The molecule has 0 aromatic heterocycles. The maximum absolute atomic E-state index is 13.6. The van der Waals surface area contributed by atoms with E-state index in [4.69, 9.17) is 4.74 Å². The lowest BCUT2D eigenvalue weighted by atomic mass is 10.1. The molecule has 0 atom stereocenters. The van der Waals surface area contributed by atoms with Gasteiger partial charge in [0.2, 0.25) is 5.91 Å². The molecule has 2 amide bonds. The molecule has 1 saturated heterocycles. The number of amides is 2. The third-order valence-corrected chi connectivity index (χ3v) is 4.84. The summed E-state index contributed by atoms with van der Waals surface area (Å²) in [5.41, 5.74) is 1.92. The number of nitrogens with zero attached hydrogens (tertiary/aromatic N) is 1. The van der Waals surface area contributed by atoms with Gasteiger partial charge >= 0.3 is 0 Å². The van der Waals surface area contributed by atoms with Crippen LogP contribution in [0.25, 0.3) is 0 Å². The van der Waals surface area contributed by atoms with Crippen LogP contribution in [0.1, 0.15) is 28.8 Å². The molecule has 2 aromatic carbocycles. The Kier molecular flexibility index (Phi) is 7.73. The van der Waals surface area contributed by atoms with Crippen LogP contribution in [0.15, 0.2) is 42.5 Å². The predicted molar refractivity (Wildman–Crippen MR) is 109 cm³/mol. The normalized spacial score (nSPS) is 13.7. The second kappa shape index (κ2) is 10.7. The highest BCUT2D eigenvalue weighted by molar-refractivity contribution is 5.94. The molecular weight excluding hydrogens is 392 g/mol. The van der Waals surface area contributed by atoms with Gasteiger partial charge in [-0.25, -0.2) is 8.78 Å². The van der Waals surface area contributed by atoms with Gasteiger partial charge in [0.25, 0.3) is 5.91 Å². The van der Waals surface area contributed by atoms with Gasteiger partial charge in [-0.15, -0.1) is 0 Å². The van der Waals surface area contributed by atoms with Gasteiger partial charge in [-0.2, -0.15) is 0 Å². The number of rotatable bonds is 8. The van der Waals surface area contributed by atoms with Crippen LogP contribution in [-0.4, -0.2) is 44.7 Å². The summed E-state index contributed by atoms with van der Waals surface area (Å²) in [7, 11) is 0. The monoisotopic (exact) mass is 417 g/mol. The van der Waals surface area contributed by atoms with Crippen LogP contribution in [-0.2, 0) is 16.1 Å². The second-order valence-corrected chi connectivity index (χ2v) is 7.03. The molecule has 1 aliphatic heterocycles. The lowest BCUT2D eigenvalue weighted by Crippen LogP contribution is -2.36. The Morgan fingerprint density at radius 2 is 1.73 bits per heavy atom. The zero-order valence-corrected chi connectivity index (χ0v) is 16.6. The highest BCUT2D eigenvalue weighted by atomic mass is 19.1. The summed E-state index contributed by atoms with van der Waals surface area (Å²) >= 11 is 0. The first-order chi connectivity index (χ1) is 14.5. The van der Waals surface area contributed by atoms with Crippen LogP contribution in [0, 0.1) is 11.6 Å². The van der Waals surface area contributed by atoms with Crippen LogP contribution in [0.2, 0.25) is 0 Å². The van der Waals surface area contributed by atoms with Gasteiger partial charge in [0, 0.05) is 44.4 Å². The zero-order valence-electron chi connectivity index (χ0n) is 16.6. The summed E-state index contributed by atoms with van der Waals surface area (Å²) in [6, 6.07) is 10.8. The molecule has 30 heavy (non-hydrogen) atoms. The van der Waals surface area contributed by atoms with Gasteiger partial charge in [0.15, 0.2) is 0 Å². The summed E-state index contributed by atoms with van der Waals surface area (Å²) in [4.78, 5) is 26.1. The topological polar surface area (TPSA) is 70.7 Å². The number of carbonyl (C=O) groups is 2. The Morgan fingerprint density at radius 1 is 1.00 bits per heavy atom. The van der Waals surface area contributed by atoms with E-state index in [0.29, 0.717) is 19.0 Å². The van der Waals surface area contributed by atoms with E-state index in [2.05, 4.69) is 15.5 Å². The molecule has 2 aromatic rings. The number of nitrogens with one attached hydrogen (secondary N) is 2. The smallest absolute Gasteiger partial charge is 0.254 e.